The summed E-state index contributed by atoms with van der Waals surface area (Å²) >= 11 is 0. The van der Waals surface area contributed by atoms with E-state index in [4.69, 9.17) is 0 Å². The van der Waals surface area contributed by atoms with Crippen molar-refractivity contribution in [2.75, 3.05) is 10.7 Å². The Balaban J connectivity index is 1.97. The second-order valence-electron chi connectivity index (χ2n) is 3.99. The Morgan fingerprint density at radius 3 is 2.62 bits per heavy atom. The molecular weight excluding hydrogens is 279 g/mol. The monoisotopic (exact) mass is 290 g/mol. The number of amides is 2. The molecule has 0 fully saturated rings. The Kier molecular flexibility index (Phi) is 4.30. The lowest BCUT2D eigenvalue weighted by Crippen LogP contribution is -2.33. The summed E-state index contributed by atoms with van der Waals surface area (Å²) < 4.78 is 12.9. The fraction of sp³-hybridized carbons (Fsp3) is 0. The molecule has 0 unspecified atom stereocenters. The standard InChI is InChI=1S/C13H11FN4O3/c14-9-4-3-5-10(8-9)15-13(19)17-16-11-6-1-2-7-12(11)18(20)21/h1-8,16H,(H2,15,17,19). The zero-order valence-corrected chi connectivity index (χ0v) is 10.7. The van der Waals surface area contributed by atoms with Crippen molar-refractivity contribution in [1.82, 2.24) is 5.43 Å². The van der Waals surface area contributed by atoms with Crippen molar-refractivity contribution in [3.8, 4) is 0 Å². The molecule has 21 heavy (non-hydrogen) atoms. The molecule has 0 aliphatic heterocycles. The highest BCUT2D eigenvalue weighted by Gasteiger charge is 2.12. The van der Waals surface area contributed by atoms with Crippen LogP contribution in [0.5, 0.6) is 0 Å². The summed E-state index contributed by atoms with van der Waals surface area (Å²) in [7, 11) is 0. The highest BCUT2D eigenvalue weighted by atomic mass is 19.1. The molecule has 0 aromatic heterocycles. The highest BCUT2D eigenvalue weighted by molar-refractivity contribution is 5.90. The van der Waals surface area contributed by atoms with Gasteiger partial charge in [-0.25, -0.2) is 9.18 Å². The molecule has 0 aliphatic rings. The smallest absolute Gasteiger partial charge is 0.306 e. The van der Waals surface area contributed by atoms with Gasteiger partial charge in [-0.2, -0.15) is 0 Å². The van der Waals surface area contributed by atoms with Crippen molar-refractivity contribution >= 4 is 23.1 Å². The first kappa shape index (κ1) is 14.3. The Morgan fingerprint density at radius 2 is 1.90 bits per heavy atom. The lowest BCUT2D eigenvalue weighted by atomic mass is 10.3. The van der Waals surface area contributed by atoms with Gasteiger partial charge in [-0.15, -0.1) is 0 Å². The maximum atomic E-state index is 12.9. The number of urea groups is 1. The molecule has 0 bridgehead atoms. The van der Waals surface area contributed by atoms with Gasteiger partial charge in [0.2, 0.25) is 0 Å². The Hall–Kier alpha value is -3.16. The number of hydrazine groups is 1. The maximum absolute atomic E-state index is 12.9. The molecule has 2 rings (SSSR count). The molecule has 2 aromatic carbocycles. The van der Waals surface area contributed by atoms with Gasteiger partial charge in [0.25, 0.3) is 5.69 Å². The van der Waals surface area contributed by atoms with Crippen molar-refractivity contribution in [3.05, 3.63) is 64.5 Å². The van der Waals surface area contributed by atoms with Gasteiger partial charge in [-0.05, 0) is 24.3 Å². The molecule has 108 valence electrons. The molecule has 8 heteroatoms. The van der Waals surface area contributed by atoms with Crippen LogP contribution in [0.25, 0.3) is 0 Å². The van der Waals surface area contributed by atoms with Crippen LogP contribution in [0.2, 0.25) is 0 Å². The molecule has 0 atom stereocenters. The average Bonchev–Trinajstić information content (AvgIpc) is 2.45. The van der Waals surface area contributed by atoms with Crippen molar-refractivity contribution < 1.29 is 14.1 Å². The molecule has 0 aliphatic carbocycles. The Bertz CT molecular complexity index is 678. The van der Waals surface area contributed by atoms with Crippen LogP contribution in [0, 0.1) is 15.9 Å². The molecule has 0 heterocycles. The number of halogens is 1. The summed E-state index contributed by atoms with van der Waals surface area (Å²) in [6.07, 6.45) is 0. The lowest BCUT2D eigenvalue weighted by Gasteiger charge is -2.10. The van der Waals surface area contributed by atoms with E-state index < -0.39 is 16.8 Å². The number of para-hydroxylation sites is 2. The second kappa shape index (κ2) is 6.33. The molecule has 3 N–H and O–H groups in total. The van der Waals surface area contributed by atoms with Gasteiger partial charge in [0.1, 0.15) is 11.5 Å². The third-order valence-corrected chi connectivity index (χ3v) is 2.49. The largest absolute Gasteiger partial charge is 0.337 e. The van der Waals surface area contributed by atoms with E-state index in [2.05, 4.69) is 16.2 Å². The summed E-state index contributed by atoms with van der Waals surface area (Å²) in [5.41, 5.74) is 4.89. The number of carbonyl (C=O) groups is 1. The summed E-state index contributed by atoms with van der Waals surface area (Å²) in [6, 6.07) is 10.5. The first-order valence-electron chi connectivity index (χ1n) is 5.88. The van der Waals surface area contributed by atoms with Gasteiger partial charge < -0.3 is 5.32 Å². The molecule has 7 nitrogen and oxygen atoms in total. The molecule has 0 saturated carbocycles. The molecule has 2 aromatic rings. The zero-order chi connectivity index (χ0) is 15.2. The topological polar surface area (TPSA) is 96.3 Å². The number of nitrogens with zero attached hydrogens (tertiary/aromatic N) is 1. The summed E-state index contributed by atoms with van der Waals surface area (Å²) in [5.74, 6) is -0.487. The van der Waals surface area contributed by atoms with Crippen LogP contribution < -0.4 is 16.2 Å². The Morgan fingerprint density at radius 1 is 1.14 bits per heavy atom. The number of nitro benzene ring substituents is 1. The predicted molar refractivity (Wildman–Crippen MR) is 75.3 cm³/mol. The average molecular weight is 290 g/mol. The van der Waals surface area contributed by atoms with Crippen molar-refractivity contribution in [2.24, 2.45) is 0 Å². The van der Waals surface area contributed by atoms with Crippen LogP contribution in [0.1, 0.15) is 0 Å². The number of benzene rings is 2. The molecule has 0 spiro atoms. The fourth-order valence-corrected chi connectivity index (χ4v) is 1.59. The van der Waals surface area contributed by atoms with E-state index in [-0.39, 0.29) is 17.1 Å². The third kappa shape index (κ3) is 3.90. The number of nitrogens with one attached hydrogen (secondary N) is 3. The zero-order valence-electron chi connectivity index (χ0n) is 10.7. The fourth-order valence-electron chi connectivity index (χ4n) is 1.59. The van der Waals surface area contributed by atoms with Crippen molar-refractivity contribution in [2.45, 2.75) is 0 Å². The Labute approximate surface area is 118 Å². The van der Waals surface area contributed by atoms with Crippen molar-refractivity contribution in [1.29, 1.82) is 0 Å². The summed E-state index contributed by atoms with van der Waals surface area (Å²) in [4.78, 5) is 21.8. The first-order chi connectivity index (χ1) is 10.1. The number of rotatable bonds is 4. The molecular formula is C13H11FN4O3. The van der Waals surface area contributed by atoms with E-state index in [1.165, 1.54) is 36.4 Å². The minimum absolute atomic E-state index is 0.136. The van der Waals surface area contributed by atoms with E-state index in [0.29, 0.717) is 0 Å². The van der Waals surface area contributed by atoms with E-state index >= 15 is 0 Å². The van der Waals surface area contributed by atoms with Gasteiger partial charge in [0.15, 0.2) is 0 Å². The van der Waals surface area contributed by atoms with Gasteiger partial charge >= 0.3 is 6.03 Å². The number of carbonyl (C=O) groups excluding carboxylic acids is 1. The first-order valence-corrected chi connectivity index (χ1v) is 5.88. The van der Waals surface area contributed by atoms with E-state index in [1.54, 1.807) is 6.07 Å². The van der Waals surface area contributed by atoms with Gasteiger partial charge in [-0.3, -0.25) is 21.0 Å². The normalized spacial score (nSPS) is 9.76. The van der Waals surface area contributed by atoms with Crippen LogP contribution in [-0.2, 0) is 0 Å². The quantitative estimate of drug-likeness (QED) is 0.596. The van der Waals surface area contributed by atoms with Crippen LogP contribution in [0.3, 0.4) is 0 Å². The third-order valence-electron chi connectivity index (χ3n) is 2.49. The number of anilines is 2. The molecule has 0 radical (unpaired) electrons. The second-order valence-corrected chi connectivity index (χ2v) is 3.99. The molecule has 0 saturated heterocycles. The van der Waals surface area contributed by atoms with E-state index in [0.717, 1.165) is 6.07 Å². The summed E-state index contributed by atoms with van der Waals surface area (Å²) in [5, 5.41) is 13.2. The minimum Gasteiger partial charge on any atom is -0.306 e. The predicted octanol–water partition coefficient (Wildman–Crippen LogP) is 2.88. The van der Waals surface area contributed by atoms with Crippen LogP contribution in [0.4, 0.5) is 26.2 Å². The van der Waals surface area contributed by atoms with Crippen LogP contribution in [-0.4, -0.2) is 11.0 Å². The highest BCUT2D eigenvalue weighted by Crippen LogP contribution is 2.22. The van der Waals surface area contributed by atoms with Crippen molar-refractivity contribution in [3.63, 3.8) is 0 Å². The number of hydrogen-bond donors (Lipinski definition) is 3. The van der Waals surface area contributed by atoms with Crippen LogP contribution >= 0.6 is 0 Å². The van der Waals surface area contributed by atoms with Gasteiger partial charge in [0, 0.05) is 11.8 Å². The number of nitro groups is 1. The van der Waals surface area contributed by atoms with E-state index in [9.17, 15) is 19.3 Å². The lowest BCUT2D eigenvalue weighted by molar-refractivity contribution is -0.384. The van der Waals surface area contributed by atoms with Crippen LogP contribution in [0.15, 0.2) is 48.5 Å². The summed E-state index contributed by atoms with van der Waals surface area (Å²) in [6.45, 7) is 0. The number of hydrogen-bond acceptors (Lipinski definition) is 4. The molecule has 2 amide bonds. The SMILES string of the molecule is O=C(NNc1ccccc1[N+](=O)[O-])Nc1cccc(F)c1. The maximum Gasteiger partial charge on any atom is 0.337 e. The van der Waals surface area contributed by atoms with Gasteiger partial charge in [0.05, 0.1) is 4.92 Å². The van der Waals surface area contributed by atoms with Gasteiger partial charge in [-0.1, -0.05) is 18.2 Å². The van der Waals surface area contributed by atoms with E-state index in [1.807, 2.05) is 0 Å². The minimum atomic E-state index is -0.682.